The Morgan fingerprint density at radius 2 is 2.08 bits per heavy atom. The van der Waals surface area contributed by atoms with E-state index in [0.717, 1.165) is 12.3 Å². The van der Waals surface area contributed by atoms with Crippen LogP contribution in [0.3, 0.4) is 0 Å². The molecule has 12 heavy (non-hydrogen) atoms. The number of rotatable bonds is 4. The van der Waals surface area contributed by atoms with Gasteiger partial charge in [-0.3, -0.25) is 0 Å². The van der Waals surface area contributed by atoms with Crippen LogP contribution in [0.1, 0.15) is 45.4 Å². The van der Waals surface area contributed by atoms with Crippen molar-refractivity contribution in [2.24, 2.45) is 11.1 Å². The maximum atomic E-state index is 4.86. The van der Waals surface area contributed by atoms with Crippen molar-refractivity contribution < 1.29 is 4.84 Å². The summed E-state index contributed by atoms with van der Waals surface area (Å²) in [6.45, 7) is 2.19. The van der Waals surface area contributed by atoms with E-state index in [2.05, 4.69) is 12.1 Å². The summed E-state index contributed by atoms with van der Waals surface area (Å²) in [5.74, 6) is 0.727. The van der Waals surface area contributed by atoms with Crippen LogP contribution in [-0.2, 0) is 4.84 Å². The Balaban J connectivity index is 2.45. The molecule has 70 valence electrons. The lowest BCUT2D eigenvalue weighted by Crippen LogP contribution is -2.10. The predicted octanol–water partition coefficient (Wildman–Crippen LogP) is 2.98. The third-order valence-electron chi connectivity index (χ3n) is 2.54. The summed E-state index contributed by atoms with van der Waals surface area (Å²) >= 11 is 0. The molecule has 1 aliphatic carbocycles. The molecule has 0 heterocycles. The molecule has 0 saturated heterocycles. The molecule has 1 fully saturated rings. The SMILES string of the molecule is CCC/C(=N\OC)C1CCCC1. The van der Waals surface area contributed by atoms with Crippen molar-refractivity contribution in [3.63, 3.8) is 0 Å². The van der Waals surface area contributed by atoms with Gasteiger partial charge >= 0.3 is 0 Å². The van der Waals surface area contributed by atoms with Crippen LogP contribution in [0.5, 0.6) is 0 Å². The maximum absolute atomic E-state index is 4.86. The number of hydrogen-bond acceptors (Lipinski definition) is 2. The van der Waals surface area contributed by atoms with Gasteiger partial charge in [-0.15, -0.1) is 0 Å². The number of hydrogen-bond donors (Lipinski definition) is 0. The summed E-state index contributed by atoms with van der Waals surface area (Å²) in [6, 6.07) is 0. The average Bonchev–Trinajstić information content (AvgIpc) is 2.56. The Kier molecular flexibility index (Phi) is 4.12. The smallest absolute Gasteiger partial charge is 0.106 e. The number of nitrogens with zero attached hydrogens (tertiary/aromatic N) is 1. The van der Waals surface area contributed by atoms with Crippen LogP contribution in [0.4, 0.5) is 0 Å². The van der Waals surface area contributed by atoms with Crippen LogP contribution in [-0.4, -0.2) is 12.8 Å². The van der Waals surface area contributed by atoms with E-state index >= 15 is 0 Å². The van der Waals surface area contributed by atoms with Gasteiger partial charge in [-0.1, -0.05) is 31.3 Å². The summed E-state index contributed by atoms with van der Waals surface area (Å²) in [4.78, 5) is 4.86. The van der Waals surface area contributed by atoms with Gasteiger partial charge in [0.2, 0.25) is 0 Å². The van der Waals surface area contributed by atoms with Gasteiger partial charge < -0.3 is 4.84 Å². The van der Waals surface area contributed by atoms with Crippen LogP contribution >= 0.6 is 0 Å². The van der Waals surface area contributed by atoms with Crippen LogP contribution in [0.2, 0.25) is 0 Å². The normalized spacial score (nSPS) is 20.0. The second-order valence-electron chi connectivity index (χ2n) is 3.50. The van der Waals surface area contributed by atoms with E-state index in [-0.39, 0.29) is 0 Å². The second-order valence-corrected chi connectivity index (χ2v) is 3.50. The standard InChI is InChI=1S/C10H19NO/c1-3-6-10(11-12-2)9-7-4-5-8-9/h9H,3-8H2,1-2H3/b11-10+. The largest absolute Gasteiger partial charge is 0.399 e. The van der Waals surface area contributed by atoms with Crippen molar-refractivity contribution in [2.75, 3.05) is 7.11 Å². The molecular weight excluding hydrogens is 150 g/mol. The zero-order valence-electron chi connectivity index (χ0n) is 8.18. The van der Waals surface area contributed by atoms with Crippen molar-refractivity contribution in [3.05, 3.63) is 0 Å². The minimum Gasteiger partial charge on any atom is -0.399 e. The highest BCUT2D eigenvalue weighted by molar-refractivity contribution is 5.86. The summed E-state index contributed by atoms with van der Waals surface area (Å²) in [7, 11) is 1.64. The van der Waals surface area contributed by atoms with Crippen LogP contribution in [0, 0.1) is 5.92 Å². The molecule has 0 unspecified atom stereocenters. The lowest BCUT2D eigenvalue weighted by Gasteiger charge is -2.10. The first-order valence-corrected chi connectivity index (χ1v) is 4.98. The zero-order valence-corrected chi connectivity index (χ0v) is 8.18. The maximum Gasteiger partial charge on any atom is 0.106 e. The molecule has 1 rings (SSSR count). The molecule has 0 aromatic rings. The minimum atomic E-state index is 0.727. The quantitative estimate of drug-likeness (QED) is 0.468. The Hall–Kier alpha value is -0.530. The van der Waals surface area contributed by atoms with Crippen LogP contribution < -0.4 is 0 Å². The molecule has 1 aliphatic rings. The van der Waals surface area contributed by atoms with E-state index in [4.69, 9.17) is 4.84 Å². The van der Waals surface area contributed by atoms with Crippen molar-refractivity contribution >= 4 is 5.71 Å². The van der Waals surface area contributed by atoms with E-state index in [1.54, 1.807) is 7.11 Å². The van der Waals surface area contributed by atoms with E-state index in [1.165, 1.54) is 37.8 Å². The van der Waals surface area contributed by atoms with E-state index in [0.29, 0.717) is 0 Å². The molecule has 0 N–H and O–H groups in total. The van der Waals surface area contributed by atoms with Gasteiger partial charge in [0.25, 0.3) is 0 Å². The summed E-state index contributed by atoms with van der Waals surface area (Å²) in [5, 5.41) is 4.11. The first-order valence-electron chi connectivity index (χ1n) is 4.98. The fraction of sp³-hybridized carbons (Fsp3) is 0.900. The van der Waals surface area contributed by atoms with E-state index in [9.17, 15) is 0 Å². The summed E-state index contributed by atoms with van der Waals surface area (Å²) in [5.41, 5.74) is 1.29. The Morgan fingerprint density at radius 1 is 1.42 bits per heavy atom. The van der Waals surface area contributed by atoms with E-state index < -0.39 is 0 Å². The minimum absolute atomic E-state index is 0.727. The van der Waals surface area contributed by atoms with Gasteiger partial charge in [-0.05, 0) is 19.3 Å². The molecule has 0 spiro atoms. The van der Waals surface area contributed by atoms with Crippen molar-refractivity contribution in [2.45, 2.75) is 45.4 Å². The molecule has 2 heteroatoms. The van der Waals surface area contributed by atoms with Gasteiger partial charge in [0.1, 0.15) is 7.11 Å². The lowest BCUT2D eigenvalue weighted by molar-refractivity contribution is 0.210. The molecule has 0 aliphatic heterocycles. The highest BCUT2D eigenvalue weighted by Crippen LogP contribution is 2.27. The first kappa shape index (κ1) is 9.56. The first-order chi connectivity index (χ1) is 5.88. The number of oxime groups is 1. The topological polar surface area (TPSA) is 21.6 Å². The van der Waals surface area contributed by atoms with Crippen molar-refractivity contribution in [1.82, 2.24) is 0 Å². The van der Waals surface area contributed by atoms with Gasteiger partial charge in [0.15, 0.2) is 0 Å². The average molecular weight is 169 g/mol. The predicted molar refractivity (Wildman–Crippen MR) is 51.3 cm³/mol. The zero-order chi connectivity index (χ0) is 8.81. The molecule has 2 nitrogen and oxygen atoms in total. The molecule has 0 bridgehead atoms. The molecule has 0 aromatic heterocycles. The summed E-state index contributed by atoms with van der Waals surface area (Å²) in [6.07, 6.45) is 7.68. The molecule has 0 radical (unpaired) electrons. The Bertz CT molecular complexity index is 148. The monoisotopic (exact) mass is 169 g/mol. The molecule has 1 saturated carbocycles. The molecule has 0 aromatic carbocycles. The Labute approximate surface area is 75.0 Å². The van der Waals surface area contributed by atoms with Gasteiger partial charge in [0, 0.05) is 5.92 Å². The van der Waals surface area contributed by atoms with Crippen LogP contribution in [0.15, 0.2) is 5.16 Å². The lowest BCUT2D eigenvalue weighted by atomic mass is 9.98. The molecule has 0 amide bonds. The Morgan fingerprint density at radius 3 is 2.58 bits per heavy atom. The third kappa shape index (κ3) is 2.50. The van der Waals surface area contributed by atoms with Gasteiger partial charge in [-0.2, -0.15) is 0 Å². The van der Waals surface area contributed by atoms with Crippen molar-refractivity contribution in [1.29, 1.82) is 0 Å². The highest BCUT2D eigenvalue weighted by Gasteiger charge is 2.20. The molecule has 0 atom stereocenters. The highest BCUT2D eigenvalue weighted by atomic mass is 16.6. The second kappa shape index (κ2) is 5.18. The molecular formula is C10H19NO. The fourth-order valence-corrected chi connectivity index (χ4v) is 1.96. The third-order valence-corrected chi connectivity index (χ3v) is 2.54. The van der Waals surface area contributed by atoms with Gasteiger partial charge in [0.05, 0.1) is 5.71 Å². The van der Waals surface area contributed by atoms with Gasteiger partial charge in [-0.25, -0.2) is 0 Å². The van der Waals surface area contributed by atoms with Crippen LogP contribution in [0.25, 0.3) is 0 Å². The fourth-order valence-electron chi connectivity index (χ4n) is 1.96. The van der Waals surface area contributed by atoms with Crippen molar-refractivity contribution in [3.8, 4) is 0 Å². The van der Waals surface area contributed by atoms with E-state index in [1.807, 2.05) is 0 Å². The summed E-state index contributed by atoms with van der Waals surface area (Å²) < 4.78 is 0.